The van der Waals surface area contributed by atoms with Gasteiger partial charge in [-0.15, -0.1) is 0 Å². The second kappa shape index (κ2) is 10.2. The SMILES string of the molecule is CCCCNC(=O)C1(NC(=O)CCCCC(=O)O)CCCCC1. The van der Waals surface area contributed by atoms with Crippen LogP contribution in [0.5, 0.6) is 0 Å². The highest BCUT2D eigenvalue weighted by Crippen LogP contribution is 2.28. The lowest BCUT2D eigenvalue weighted by atomic mass is 9.80. The Labute approximate surface area is 138 Å². The minimum absolute atomic E-state index is 0.0652. The Morgan fingerprint density at radius 3 is 2.26 bits per heavy atom. The zero-order valence-electron chi connectivity index (χ0n) is 14.2. The summed E-state index contributed by atoms with van der Waals surface area (Å²) < 4.78 is 0. The maximum Gasteiger partial charge on any atom is 0.303 e. The Kier molecular flexibility index (Phi) is 8.66. The fourth-order valence-corrected chi connectivity index (χ4v) is 3.00. The van der Waals surface area contributed by atoms with Crippen molar-refractivity contribution in [3.8, 4) is 0 Å². The third-order valence-electron chi connectivity index (χ3n) is 4.38. The molecule has 1 aliphatic rings. The number of carboxylic acids is 1. The van der Waals surface area contributed by atoms with Crippen molar-refractivity contribution < 1.29 is 19.5 Å². The number of unbranched alkanes of at least 4 members (excludes halogenated alkanes) is 2. The van der Waals surface area contributed by atoms with Gasteiger partial charge in [0.05, 0.1) is 0 Å². The van der Waals surface area contributed by atoms with Crippen molar-refractivity contribution in [2.24, 2.45) is 0 Å². The highest BCUT2D eigenvalue weighted by atomic mass is 16.4. The first-order valence-electron chi connectivity index (χ1n) is 8.81. The number of hydrogen-bond acceptors (Lipinski definition) is 3. The summed E-state index contributed by atoms with van der Waals surface area (Å²) in [5.41, 5.74) is -0.768. The van der Waals surface area contributed by atoms with Gasteiger partial charge >= 0.3 is 5.97 Å². The van der Waals surface area contributed by atoms with E-state index in [1.54, 1.807) is 0 Å². The van der Waals surface area contributed by atoms with Gasteiger partial charge in [-0.2, -0.15) is 0 Å². The number of hydrogen-bond donors (Lipinski definition) is 3. The van der Waals surface area contributed by atoms with Crippen LogP contribution in [0.1, 0.15) is 77.6 Å². The molecule has 132 valence electrons. The summed E-state index contributed by atoms with van der Waals surface area (Å²) in [6, 6.07) is 0. The molecular formula is C17H30N2O4. The van der Waals surface area contributed by atoms with Crippen molar-refractivity contribution in [2.75, 3.05) is 6.54 Å². The Morgan fingerprint density at radius 2 is 1.65 bits per heavy atom. The van der Waals surface area contributed by atoms with E-state index in [1.807, 2.05) is 0 Å². The zero-order valence-corrected chi connectivity index (χ0v) is 14.2. The molecule has 0 bridgehead atoms. The second-order valence-electron chi connectivity index (χ2n) is 6.40. The Bertz CT molecular complexity index is 403. The molecule has 6 nitrogen and oxygen atoms in total. The Balaban J connectivity index is 2.50. The van der Waals surface area contributed by atoms with Crippen molar-refractivity contribution in [3.63, 3.8) is 0 Å². The van der Waals surface area contributed by atoms with Crippen LogP contribution >= 0.6 is 0 Å². The summed E-state index contributed by atoms with van der Waals surface area (Å²) in [5.74, 6) is -1.06. The van der Waals surface area contributed by atoms with Gasteiger partial charge < -0.3 is 15.7 Å². The number of nitrogens with one attached hydrogen (secondary N) is 2. The molecule has 1 rings (SSSR count). The highest BCUT2D eigenvalue weighted by molar-refractivity contribution is 5.91. The minimum Gasteiger partial charge on any atom is -0.481 e. The van der Waals surface area contributed by atoms with Crippen LogP contribution < -0.4 is 10.6 Å². The van der Waals surface area contributed by atoms with E-state index in [-0.39, 0.29) is 24.7 Å². The van der Waals surface area contributed by atoms with Gasteiger partial charge in [0.25, 0.3) is 0 Å². The predicted octanol–water partition coefficient (Wildman–Crippen LogP) is 2.37. The molecule has 1 fully saturated rings. The number of amides is 2. The van der Waals surface area contributed by atoms with E-state index in [0.29, 0.717) is 32.2 Å². The molecular weight excluding hydrogens is 296 g/mol. The molecule has 1 saturated carbocycles. The van der Waals surface area contributed by atoms with Crippen LogP contribution in [0.15, 0.2) is 0 Å². The molecule has 1 aliphatic carbocycles. The number of carbonyl (C=O) groups is 3. The first-order chi connectivity index (χ1) is 11.0. The number of rotatable bonds is 10. The molecule has 0 atom stereocenters. The third kappa shape index (κ3) is 7.01. The van der Waals surface area contributed by atoms with Gasteiger partial charge in [0.2, 0.25) is 11.8 Å². The maximum absolute atomic E-state index is 12.5. The topological polar surface area (TPSA) is 95.5 Å². The summed E-state index contributed by atoms with van der Waals surface area (Å²) in [4.78, 5) is 35.2. The molecule has 0 aromatic heterocycles. The molecule has 6 heteroatoms. The number of carboxylic acid groups (broad SMARTS) is 1. The van der Waals surface area contributed by atoms with Crippen LogP contribution in [0.2, 0.25) is 0 Å². The summed E-state index contributed by atoms with van der Waals surface area (Å²) in [7, 11) is 0. The fourth-order valence-electron chi connectivity index (χ4n) is 3.00. The molecule has 3 N–H and O–H groups in total. The molecule has 0 aliphatic heterocycles. The van der Waals surface area contributed by atoms with Crippen LogP contribution in [-0.2, 0) is 14.4 Å². The molecule has 0 aromatic rings. The van der Waals surface area contributed by atoms with Gasteiger partial charge in [-0.3, -0.25) is 14.4 Å². The van der Waals surface area contributed by atoms with E-state index in [9.17, 15) is 14.4 Å². The third-order valence-corrected chi connectivity index (χ3v) is 4.38. The average Bonchev–Trinajstić information content (AvgIpc) is 2.52. The van der Waals surface area contributed by atoms with Crippen molar-refractivity contribution in [1.29, 1.82) is 0 Å². The van der Waals surface area contributed by atoms with Gasteiger partial charge in [0.15, 0.2) is 0 Å². The molecule has 0 saturated heterocycles. The Hall–Kier alpha value is -1.59. The lowest BCUT2D eigenvalue weighted by molar-refractivity contribution is -0.137. The summed E-state index contributed by atoms with van der Waals surface area (Å²) in [6.07, 6.45) is 7.68. The van der Waals surface area contributed by atoms with Crippen LogP contribution in [0.3, 0.4) is 0 Å². The molecule has 0 unspecified atom stereocenters. The summed E-state index contributed by atoms with van der Waals surface area (Å²) in [6.45, 7) is 2.72. The van der Waals surface area contributed by atoms with E-state index in [4.69, 9.17) is 5.11 Å². The number of carbonyl (C=O) groups excluding carboxylic acids is 2. The van der Waals surface area contributed by atoms with E-state index >= 15 is 0 Å². The van der Waals surface area contributed by atoms with Gasteiger partial charge in [0, 0.05) is 19.4 Å². The van der Waals surface area contributed by atoms with Crippen LogP contribution in [0.25, 0.3) is 0 Å². The van der Waals surface area contributed by atoms with Gasteiger partial charge in [-0.1, -0.05) is 32.6 Å². The molecule has 0 radical (unpaired) electrons. The second-order valence-corrected chi connectivity index (χ2v) is 6.40. The smallest absolute Gasteiger partial charge is 0.303 e. The Morgan fingerprint density at radius 1 is 1.00 bits per heavy atom. The van der Waals surface area contributed by atoms with Gasteiger partial charge in [-0.25, -0.2) is 0 Å². The standard InChI is InChI=1S/C17H30N2O4/c1-2-3-13-18-16(23)17(11-7-4-8-12-17)19-14(20)9-5-6-10-15(21)22/h2-13H2,1H3,(H,18,23)(H,19,20)(H,21,22). The van der Waals surface area contributed by atoms with Crippen LogP contribution in [0.4, 0.5) is 0 Å². The van der Waals surface area contributed by atoms with E-state index in [2.05, 4.69) is 17.6 Å². The number of aliphatic carboxylic acids is 1. The monoisotopic (exact) mass is 326 g/mol. The van der Waals surface area contributed by atoms with Crippen molar-refractivity contribution in [3.05, 3.63) is 0 Å². The molecule has 0 heterocycles. The van der Waals surface area contributed by atoms with E-state index < -0.39 is 11.5 Å². The van der Waals surface area contributed by atoms with Crippen molar-refractivity contribution in [1.82, 2.24) is 10.6 Å². The average molecular weight is 326 g/mol. The van der Waals surface area contributed by atoms with E-state index in [0.717, 1.165) is 32.1 Å². The summed E-state index contributed by atoms with van der Waals surface area (Å²) >= 11 is 0. The van der Waals surface area contributed by atoms with Crippen molar-refractivity contribution in [2.45, 2.75) is 83.1 Å². The highest BCUT2D eigenvalue weighted by Gasteiger charge is 2.40. The molecule has 2 amide bonds. The quantitative estimate of drug-likeness (QED) is 0.537. The normalized spacial score (nSPS) is 16.6. The van der Waals surface area contributed by atoms with Gasteiger partial charge in [0.1, 0.15) is 5.54 Å². The zero-order chi connectivity index (χ0) is 17.1. The maximum atomic E-state index is 12.5. The molecule has 0 aromatic carbocycles. The fraction of sp³-hybridized carbons (Fsp3) is 0.824. The van der Waals surface area contributed by atoms with Crippen LogP contribution in [0, 0.1) is 0 Å². The summed E-state index contributed by atoms with van der Waals surface area (Å²) in [5, 5.41) is 14.5. The van der Waals surface area contributed by atoms with Gasteiger partial charge in [-0.05, 0) is 32.1 Å². The largest absolute Gasteiger partial charge is 0.481 e. The van der Waals surface area contributed by atoms with Crippen LogP contribution in [-0.4, -0.2) is 35.0 Å². The lowest BCUT2D eigenvalue weighted by Crippen LogP contribution is -2.59. The molecule has 0 spiro atoms. The van der Waals surface area contributed by atoms with Crippen molar-refractivity contribution >= 4 is 17.8 Å². The first-order valence-corrected chi connectivity index (χ1v) is 8.81. The predicted molar refractivity (Wildman–Crippen MR) is 88.0 cm³/mol. The minimum atomic E-state index is -0.843. The molecule has 23 heavy (non-hydrogen) atoms. The lowest BCUT2D eigenvalue weighted by Gasteiger charge is -2.36. The first kappa shape index (κ1) is 19.5. The van der Waals surface area contributed by atoms with E-state index in [1.165, 1.54) is 0 Å².